The fourth-order valence-corrected chi connectivity index (χ4v) is 3.36. The number of nitrogens with two attached hydrogens (primary N) is 1. The maximum Gasteiger partial charge on any atom is 0.247 e. The standard InChI is InChI=1S/C16H21N3O3/c1-22-13-4-2-3-12-11(13)5-7-16(12,17)15(21)19-9-6-14(20)18-8-10-19/h2-4H,5-10,17H2,1H3,(H,18,20). The molecule has 1 heterocycles. The number of fused-ring (bicyclic) bond motifs is 1. The van der Waals surface area contributed by atoms with Crippen molar-refractivity contribution < 1.29 is 14.3 Å². The summed E-state index contributed by atoms with van der Waals surface area (Å²) in [7, 11) is 1.63. The number of carbonyl (C=O) groups is 2. The Morgan fingerprint density at radius 1 is 1.36 bits per heavy atom. The van der Waals surface area contributed by atoms with E-state index < -0.39 is 5.54 Å². The Kier molecular flexibility index (Phi) is 3.78. The first kappa shape index (κ1) is 14.8. The second kappa shape index (κ2) is 5.61. The van der Waals surface area contributed by atoms with E-state index in [9.17, 15) is 9.59 Å². The highest BCUT2D eigenvalue weighted by Gasteiger charge is 2.45. The fourth-order valence-electron chi connectivity index (χ4n) is 3.36. The third-order valence-electron chi connectivity index (χ3n) is 4.58. The van der Waals surface area contributed by atoms with Gasteiger partial charge in [-0.1, -0.05) is 12.1 Å². The van der Waals surface area contributed by atoms with Gasteiger partial charge in [-0.25, -0.2) is 0 Å². The number of carbonyl (C=O) groups excluding carboxylic acids is 2. The topological polar surface area (TPSA) is 84.7 Å². The molecular weight excluding hydrogens is 282 g/mol. The van der Waals surface area contributed by atoms with Crippen molar-refractivity contribution in [2.24, 2.45) is 5.73 Å². The number of nitrogens with zero attached hydrogens (tertiary/aromatic N) is 1. The van der Waals surface area contributed by atoms with E-state index in [1.54, 1.807) is 12.0 Å². The smallest absolute Gasteiger partial charge is 0.247 e. The van der Waals surface area contributed by atoms with E-state index in [1.165, 1.54) is 0 Å². The largest absolute Gasteiger partial charge is 0.496 e. The number of ether oxygens (including phenoxy) is 1. The number of amides is 2. The Morgan fingerprint density at radius 2 is 2.18 bits per heavy atom. The second-order valence-corrected chi connectivity index (χ2v) is 5.85. The highest BCUT2D eigenvalue weighted by atomic mass is 16.5. The zero-order chi connectivity index (χ0) is 15.7. The second-order valence-electron chi connectivity index (χ2n) is 5.85. The van der Waals surface area contributed by atoms with Crippen LogP contribution in [0.2, 0.25) is 0 Å². The van der Waals surface area contributed by atoms with Crippen molar-refractivity contribution in [2.75, 3.05) is 26.7 Å². The minimum Gasteiger partial charge on any atom is -0.496 e. The molecule has 6 nitrogen and oxygen atoms in total. The quantitative estimate of drug-likeness (QED) is 0.814. The zero-order valence-electron chi connectivity index (χ0n) is 12.7. The Bertz CT molecular complexity index is 617. The first-order chi connectivity index (χ1) is 10.6. The van der Waals surface area contributed by atoms with Gasteiger partial charge in [0.1, 0.15) is 11.3 Å². The number of nitrogens with one attached hydrogen (secondary N) is 1. The predicted molar refractivity (Wildman–Crippen MR) is 81.4 cm³/mol. The Balaban J connectivity index is 1.89. The van der Waals surface area contributed by atoms with Gasteiger partial charge in [0, 0.05) is 26.1 Å². The highest BCUT2D eigenvalue weighted by Crippen LogP contribution is 2.40. The average molecular weight is 303 g/mol. The van der Waals surface area contributed by atoms with Crippen LogP contribution in [0.3, 0.4) is 0 Å². The van der Waals surface area contributed by atoms with Crippen molar-refractivity contribution in [3.8, 4) is 5.75 Å². The molecule has 0 bridgehead atoms. The Morgan fingerprint density at radius 3 is 2.95 bits per heavy atom. The molecule has 6 heteroatoms. The molecule has 0 aromatic heterocycles. The van der Waals surface area contributed by atoms with Crippen molar-refractivity contribution in [1.82, 2.24) is 10.2 Å². The Hall–Kier alpha value is -2.08. The van der Waals surface area contributed by atoms with Crippen LogP contribution < -0.4 is 15.8 Å². The Labute approximate surface area is 129 Å². The number of rotatable bonds is 2. The molecule has 1 fully saturated rings. The van der Waals surface area contributed by atoms with E-state index in [0.29, 0.717) is 32.5 Å². The van der Waals surface area contributed by atoms with Crippen LogP contribution in [0.4, 0.5) is 0 Å². The minimum absolute atomic E-state index is 0.0186. The lowest BCUT2D eigenvalue weighted by Crippen LogP contribution is -2.52. The molecule has 3 rings (SSSR count). The first-order valence-corrected chi connectivity index (χ1v) is 7.57. The average Bonchev–Trinajstić information content (AvgIpc) is 2.73. The predicted octanol–water partition coefficient (Wildman–Crippen LogP) is 0.144. The van der Waals surface area contributed by atoms with E-state index in [1.807, 2.05) is 18.2 Å². The summed E-state index contributed by atoms with van der Waals surface area (Å²) in [6, 6.07) is 5.67. The third-order valence-corrected chi connectivity index (χ3v) is 4.58. The van der Waals surface area contributed by atoms with Crippen LogP contribution in [0.5, 0.6) is 5.75 Å². The van der Waals surface area contributed by atoms with Crippen molar-refractivity contribution in [3.05, 3.63) is 29.3 Å². The van der Waals surface area contributed by atoms with E-state index in [0.717, 1.165) is 23.3 Å². The van der Waals surface area contributed by atoms with E-state index >= 15 is 0 Å². The van der Waals surface area contributed by atoms with Crippen LogP contribution in [-0.2, 0) is 21.5 Å². The van der Waals surface area contributed by atoms with Crippen molar-refractivity contribution in [3.63, 3.8) is 0 Å². The number of hydrogen-bond acceptors (Lipinski definition) is 4. The molecule has 1 aromatic carbocycles. The molecule has 118 valence electrons. The van der Waals surface area contributed by atoms with Crippen molar-refractivity contribution in [2.45, 2.75) is 24.8 Å². The van der Waals surface area contributed by atoms with E-state index in [2.05, 4.69) is 5.32 Å². The summed E-state index contributed by atoms with van der Waals surface area (Å²) in [6.07, 6.45) is 1.62. The van der Waals surface area contributed by atoms with Crippen LogP contribution in [-0.4, -0.2) is 43.5 Å². The molecule has 0 radical (unpaired) electrons. The lowest BCUT2D eigenvalue weighted by atomic mass is 9.91. The summed E-state index contributed by atoms with van der Waals surface area (Å²) in [6.45, 7) is 1.40. The molecule has 1 saturated heterocycles. The summed E-state index contributed by atoms with van der Waals surface area (Å²) < 4.78 is 5.37. The number of methoxy groups -OCH3 is 1. The van der Waals surface area contributed by atoms with Gasteiger partial charge in [0.15, 0.2) is 0 Å². The van der Waals surface area contributed by atoms with E-state index in [4.69, 9.17) is 10.5 Å². The lowest BCUT2D eigenvalue weighted by molar-refractivity contribution is -0.137. The molecule has 1 unspecified atom stereocenters. The molecule has 0 saturated carbocycles. The molecule has 3 N–H and O–H groups in total. The zero-order valence-corrected chi connectivity index (χ0v) is 12.7. The molecule has 1 aromatic rings. The molecule has 1 aliphatic carbocycles. The molecule has 1 aliphatic heterocycles. The van der Waals surface area contributed by atoms with Gasteiger partial charge in [0.05, 0.1) is 7.11 Å². The molecule has 0 spiro atoms. The van der Waals surface area contributed by atoms with Crippen LogP contribution >= 0.6 is 0 Å². The maximum atomic E-state index is 13.0. The van der Waals surface area contributed by atoms with Crippen LogP contribution in [0.15, 0.2) is 18.2 Å². The normalized spacial score (nSPS) is 24.5. The van der Waals surface area contributed by atoms with Crippen LogP contribution in [0.1, 0.15) is 24.0 Å². The molecule has 1 atom stereocenters. The van der Waals surface area contributed by atoms with Crippen molar-refractivity contribution >= 4 is 11.8 Å². The van der Waals surface area contributed by atoms with Gasteiger partial charge in [-0.05, 0) is 30.0 Å². The van der Waals surface area contributed by atoms with Gasteiger partial charge in [0.25, 0.3) is 0 Å². The van der Waals surface area contributed by atoms with Gasteiger partial charge in [-0.15, -0.1) is 0 Å². The highest BCUT2D eigenvalue weighted by molar-refractivity contribution is 5.90. The molecule has 2 amide bonds. The summed E-state index contributed by atoms with van der Waals surface area (Å²) in [5, 5.41) is 2.78. The number of hydrogen-bond donors (Lipinski definition) is 2. The SMILES string of the molecule is COc1cccc2c1CCC2(N)C(=O)N1CCNC(=O)CC1. The summed E-state index contributed by atoms with van der Waals surface area (Å²) >= 11 is 0. The lowest BCUT2D eigenvalue weighted by Gasteiger charge is -2.31. The summed E-state index contributed by atoms with van der Waals surface area (Å²) in [5.74, 6) is 0.663. The third kappa shape index (κ3) is 2.33. The summed E-state index contributed by atoms with van der Waals surface area (Å²) in [4.78, 5) is 26.1. The summed E-state index contributed by atoms with van der Waals surface area (Å²) in [5.41, 5.74) is 7.35. The number of benzene rings is 1. The van der Waals surface area contributed by atoms with Gasteiger partial charge in [-0.3, -0.25) is 9.59 Å². The van der Waals surface area contributed by atoms with Gasteiger partial charge in [0.2, 0.25) is 11.8 Å². The van der Waals surface area contributed by atoms with Gasteiger partial charge in [-0.2, -0.15) is 0 Å². The molecule has 22 heavy (non-hydrogen) atoms. The van der Waals surface area contributed by atoms with Crippen LogP contribution in [0.25, 0.3) is 0 Å². The fraction of sp³-hybridized carbons (Fsp3) is 0.500. The van der Waals surface area contributed by atoms with Gasteiger partial charge < -0.3 is 20.7 Å². The molecule has 2 aliphatic rings. The van der Waals surface area contributed by atoms with Crippen molar-refractivity contribution in [1.29, 1.82) is 0 Å². The van der Waals surface area contributed by atoms with Gasteiger partial charge >= 0.3 is 0 Å². The monoisotopic (exact) mass is 303 g/mol. The molecular formula is C16H21N3O3. The van der Waals surface area contributed by atoms with Crippen LogP contribution in [0, 0.1) is 0 Å². The first-order valence-electron chi connectivity index (χ1n) is 7.57. The minimum atomic E-state index is -1.02. The van der Waals surface area contributed by atoms with E-state index in [-0.39, 0.29) is 11.8 Å². The maximum absolute atomic E-state index is 13.0.